The summed E-state index contributed by atoms with van der Waals surface area (Å²) in [7, 11) is 0. The molecule has 0 atom stereocenters. The van der Waals surface area contributed by atoms with Gasteiger partial charge < -0.3 is 10.2 Å². The van der Waals surface area contributed by atoms with Gasteiger partial charge in [-0.15, -0.1) is 0 Å². The minimum atomic E-state index is -0.134. The Hall–Kier alpha value is -1.36. The van der Waals surface area contributed by atoms with Crippen molar-refractivity contribution in [2.24, 2.45) is 5.84 Å². The zero-order valence-electron chi connectivity index (χ0n) is 13.9. The summed E-state index contributed by atoms with van der Waals surface area (Å²) in [4.78, 5) is 8.85. The molecule has 0 spiro atoms. The average Bonchev–Trinajstić information content (AvgIpc) is 2.45. The molecule has 0 radical (unpaired) electrons. The highest BCUT2D eigenvalue weighted by molar-refractivity contribution is 5.37. The van der Waals surface area contributed by atoms with Crippen LogP contribution in [-0.2, 0) is 5.41 Å². The van der Waals surface area contributed by atoms with Crippen LogP contribution in [0.25, 0.3) is 0 Å². The van der Waals surface area contributed by atoms with Crippen LogP contribution in [0.15, 0.2) is 6.07 Å². The van der Waals surface area contributed by atoms with Gasteiger partial charge in [0, 0.05) is 11.5 Å². The summed E-state index contributed by atoms with van der Waals surface area (Å²) in [6.07, 6.45) is 7.47. The third-order valence-electron chi connectivity index (χ3n) is 3.27. The van der Waals surface area contributed by atoms with Crippen LogP contribution in [0.4, 0.5) is 5.82 Å². The first kappa shape index (κ1) is 17.7. The number of unbranched alkanes of at least 4 members (excludes halogenated alkanes) is 5. The van der Waals surface area contributed by atoms with Gasteiger partial charge in [-0.3, -0.25) is 0 Å². The van der Waals surface area contributed by atoms with E-state index in [0.29, 0.717) is 18.3 Å². The molecular weight excluding hydrogens is 264 g/mol. The molecule has 5 heteroatoms. The molecule has 0 saturated carbocycles. The Morgan fingerprint density at radius 2 is 1.76 bits per heavy atom. The number of nitrogens with two attached hydrogens (primary N) is 1. The van der Waals surface area contributed by atoms with Crippen molar-refractivity contribution in [1.82, 2.24) is 9.97 Å². The summed E-state index contributed by atoms with van der Waals surface area (Å²) < 4.78 is 5.74. The topological polar surface area (TPSA) is 73.1 Å². The summed E-state index contributed by atoms with van der Waals surface area (Å²) in [6, 6.07) is 1.74. The van der Waals surface area contributed by atoms with E-state index in [4.69, 9.17) is 10.6 Å². The van der Waals surface area contributed by atoms with Gasteiger partial charge in [0.1, 0.15) is 11.6 Å². The van der Waals surface area contributed by atoms with Gasteiger partial charge in [-0.1, -0.05) is 59.8 Å². The van der Waals surface area contributed by atoms with E-state index < -0.39 is 0 Å². The van der Waals surface area contributed by atoms with Crippen molar-refractivity contribution in [1.29, 1.82) is 0 Å². The lowest BCUT2D eigenvalue weighted by Crippen LogP contribution is -2.19. The first-order valence-corrected chi connectivity index (χ1v) is 7.96. The van der Waals surface area contributed by atoms with Gasteiger partial charge in [0.15, 0.2) is 0 Å². The van der Waals surface area contributed by atoms with Crippen LogP contribution in [0.3, 0.4) is 0 Å². The van der Waals surface area contributed by atoms with E-state index in [1.165, 1.54) is 32.1 Å². The zero-order valence-corrected chi connectivity index (χ0v) is 13.9. The Morgan fingerprint density at radius 3 is 2.38 bits per heavy atom. The second-order valence-corrected chi connectivity index (χ2v) is 6.43. The number of rotatable bonds is 9. The van der Waals surface area contributed by atoms with Gasteiger partial charge in [-0.2, -0.15) is 4.98 Å². The molecule has 0 bridgehead atoms. The van der Waals surface area contributed by atoms with Crippen molar-refractivity contribution >= 4 is 5.82 Å². The molecule has 1 aromatic heterocycles. The average molecular weight is 294 g/mol. The number of ether oxygens (including phenoxy) is 1. The van der Waals surface area contributed by atoms with Crippen LogP contribution < -0.4 is 16.0 Å². The molecule has 1 rings (SSSR count). The smallest absolute Gasteiger partial charge is 0.218 e. The standard InChI is InChI=1S/C16H30N4O/c1-5-6-7-8-9-10-11-21-14-12-13(20-17)18-15(19-14)16(2,3)4/h12H,5-11,17H2,1-4H3,(H,18,19,20). The van der Waals surface area contributed by atoms with E-state index in [0.717, 1.165) is 12.2 Å². The third-order valence-corrected chi connectivity index (χ3v) is 3.27. The van der Waals surface area contributed by atoms with Crippen molar-refractivity contribution in [2.75, 3.05) is 12.0 Å². The minimum absolute atomic E-state index is 0.134. The van der Waals surface area contributed by atoms with Crippen LogP contribution in [0, 0.1) is 0 Å². The second-order valence-electron chi connectivity index (χ2n) is 6.43. The van der Waals surface area contributed by atoms with E-state index in [1.807, 2.05) is 0 Å². The molecular formula is C16H30N4O. The van der Waals surface area contributed by atoms with Gasteiger partial charge in [0.25, 0.3) is 0 Å². The number of hydrazine groups is 1. The fourth-order valence-corrected chi connectivity index (χ4v) is 1.97. The summed E-state index contributed by atoms with van der Waals surface area (Å²) in [5.74, 6) is 7.37. The highest BCUT2D eigenvalue weighted by Gasteiger charge is 2.19. The number of hydrogen-bond acceptors (Lipinski definition) is 5. The predicted molar refractivity (Wildman–Crippen MR) is 87.4 cm³/mol. The molecule has 0 unspecified atom stereocenters. The third kappa shape index (κ3) is 6.76. The van der Waals surface area contributed by atoms with Gasteiger partial charge in [-0.05, 0) is 6.42 Å². The van der Waals surface area contributed by atoms with Crippen LogP contribution in [0.2, 0.25) is 0 Å². The second kappa shape index (κ2) is 8.82. The Labute approximate surface area is 128 Å². The first-order valence-electron chi connectivity index (χ1n) is 7.96. The molecule has 0 aliphatic carbocycles. The van der Waals surface area contributed by atoms with Crippen LogP contribution in [0.5, 0.6) is 5.88 Å². The Kier molecular flexibility index (Phi) is 7.43. The van der Waals surface area contributed by atoms with Gasteiger partial charge in [0.2, 0.25) is 5.88 Å². The van der Waals surface area contributed by atoms with E-state index in [2.05, 4.69) is 43.1 Å². The summed E-state index contributed by atoms with van der Waals surface area (Å²) in [5.41, 5.74) is 2.44. The Bertz CT molecular complexity index is 415. The maximum atomic E-state index is 5.74. The molecule has 3 N–H and O–H groups in total. The quantitative estimate of drug-likeness (QED) is 0.412. The van der Waals surface area contributed by atoms with E-state index in [1.54, 1.807) is 6.07 Å². The molecule has 5 nitrogen and oxygen atoms in total. The van der Waals surface area contributed by atoms with Crippen LogP contribution >= 0.6 is 0 Å². The zero-order chi connectivity index (χ0) is 15.7. The number of nitrogens with one attached hydrogen (secondary N) is 1. The maximum absolute atomic E-state index is 5.74. The SMILES string of the molecule is CCCCCCCCOc1cc(NN)nc(C(C)(C)C)n1. The van der Waals surface area contributed by atoms with E-state index >= 15 is 0 Å². The molecule has 0 aliphatic heterocycles. The predicted octanol–water partition coefficient (Wildman–Crippen LogP) is 3.80. The van der Waals surface area contributed by atoms with E-state index in [-0.39, 0.29) is 5.41 Å². The van der Waals surface area contributed by atoms with Crippen LogP contribution in [-0.4, -0.2) is 16.6 Å². The lowest BCUT2D eigenvalue weighted by molar-refractivity contribution is 0.290. The van der Waals surface area contributed by atoms with Gasteiger partial charge in [0.05, 0.1) is 6.61 Å². The summed E-state index contributed by atoms with van der Waals surface area (Å²) >= 11 is 0. The highest BCUT2D eigenvalue weighted by Crippen LogP contribution is 2.23. The lowest BCUT2D eigenvalue weighted by atomic mass is 9.96. The molecule has 120 valence electrons. The molecule has 0 fully saturated rings. The van der Waals surface area contributed by atoms with Crippen LogP contribution in [0.1, 0.15) is 72.0 Å². The number of nitrogen functional groups attached to an aromatic ring is 1. The monoisotopic (exact) mass is 294 g/mol. The van der Waals surface area contributed by atoms with Crippen molar-refractivity contribution < 1.29 is 4.74 Å². The fourth-order valence-electron chi connectivity index (χ4n) is 1.97. The minimum Gasteiger partial charge on any atom is -0.478 e. The van der Waals surface area contributed by atoms with Gasteiger partial charge in [-0.25, -0.2) is 10.8 Å². The fraction of sp³-hybridized carbons (Fsp3) is 0.750. The van der Waals surface area contributed by atoms with Crippen molar-refractivity contribution in [2.45, 2.75) is 71.6 Å². The molecule has 0 aromatic carbocycles. The van der Waals surface area contributed by atoms with Crippen molar-refractivity contribution in [3.05, 3.63) is 11.9 Å². The Morgan fingerprint density at radius 1 is 1.10 bits per heavy atom. The summed E-state index contributed by atoms with van der Waals surface area (Å²) in [6.45, 7) is 9.13. The lowest BCUT2D eigenvalue weighted by Gasteiger charge is -2.18. The van der Waals surface area contributed by atoms with Crippen molar-refractivity contribution in [3.63, 3.8) is 0 Å². The number of aromatic nitrogens is 2. The molecule has 1 aromatic rings. The highest BCUT2D eigenvalue weighted by atomic mass is 16.5. The molecule has 21 heavy (non-hydrogen) atoms. The maximum Gasteiger partial charge on any atom is 0.218 e. The molecule has 0 amide bonds. The number of hydrogen-bond donors (Lipinski definition) is 2. The largest absolute Gasteiger partial charge is 0.478 e. The number of anilines is 1. The normalized spacial score (nSPS) is 11.5. The first-order chi connectivity index (χ1) is 9.97. The molecule has 1 heterocycles. The molecule has 0 saturated heterocycles. The van der Waals surface area contributed by atoms with E-state index in [9.17, 15) is 0 Å². The van der Waals surface area contributed by atoms with Gasteiger partial charge >= 0.3 is 0 Å². The Balaban J connectivity index is 2.47. The number of nitrogens with zero attached hydrogens (tertiary/aromatic N) is 2. The summed E-state index contributed by atoms with van der Waals surface area (Å²) in [5, 5.41) is 0. The molecule has 0 aliphatic rings. The van der Waals surface area contributed by atoms with Crippen molar-refractivity contribution in [3.8, 4) is 5.88 Å².